The Morgan fingerprint density at radius 1 is 1.11 bits per heavy atom. The molecule has 28 heavy (non-hydrogen) atoms. The molecule has 0 aliphatic carbocycles. The molecule has 3 aromatic rings. The van der Waals surface area contributed by atoms with Crippen LogP contribution in [0.25, 0.3) is 11.3 Å². The van der Waals surface area contributed by atoms with Crippen LogP contribution in [-0.2, 0) is 29.9 Å². The molecule has 0 saturated heterocycles. The first kappa shape index (κ1) is 18.5. The van der Waals surface area contributed by atoms with Crippen molar-refractivity contribution in [1.29, 1.82) is 0 Å². The molecule has 4 rings (SSSR count). The van der Waals surface area contributed by atoms with Crippen LogP contribution in [0.1, 0.15) is 11.1 Å². The topological polar surface area (TPSA) is 82.5 Å². The lowest BCUT2D eigenvalue weighted by Gasteiger charge is -2.11. The molecular weight excluding hydrogens is 378 g/mol. The summed E-state index contributed by atoms with van der Waals surface area (Å²) < 4.78 is 39.5. The standard InChI is InChI=1S/C20H21N3O4S/c1-21-28(24,25)16-7-6-15(17(10-16)18-11-23(2)12-22-18)5-3-14-4-8-19-20(9-14)27-13-26-19/h4,6-12,21H,3,5,13H2,1-2H3. The van der Waals surface area contributed by atoms with E-state index in [0.717, 1.165) is 46.7 Å². The Hall–Kier alpha value is -2.84. The number of fused-ring (bicyclic) bond motifs is 1. The highest BCUT2D eigenvalue weighted by atomic mass is 32.2. The third-order valence-corrected chi connectivity index (χ3v) is 6.17. The molecule has 0 radical (unpaired) electrons. The normalized spacial score (nSPS) is 13.1. The number of benzene rings is 2. The number of aryl methyl sites for hydroxylation is 3. The van der Waals surface area contributed by atoms with Crippen molar-refractivity contribution in [3.8, 4) is 22.8 Å². The van der Waals surface area contributed by atoms with Gasteiger partial charge >= 0.3 is 0 Å². The van der Waals surface area contributed by atoms with E-state index < -0.39 is 10.0 Å². The Bertz CT molecular complexity index is 1120. The zero-order chi connectivity index (χ0) is 19.7. The van der Waals surface area contributed by atoms with Gasteiger partial charge in [-0.15, -0.1) is 0 Å². The summed E-state index contributed by atoms with van der Waals surface area (Å²) in [6, 6.07) is 11.1. The summed E-state index contributed by atoms with van der Waals surface area (Å²) >= 11 is 0. The second-order valence-electron chi connectivity index (χ2n) is 6.64. The molecule has 1 aliphatic heterocycles. The van der Waals surface area contributed by atoms with E-state index >= 15 is 0 Å². The van der Waals surface area contributed by atoms with Crippen LogP contribution in [0, 0.1) is 0 Å². The van der Waals surface area contributed by atoms with Crippen molar-refractivity contribution in [2.75, 3.05) is 13.8 Å². The SMILES string of the molecule is CNS(=O)(=O)c1ccc(CCc2ccc3c(c2)OCO3)c(-c2cn(C)cn2)c1. The summed E-state index contributed by atoms with van der Waals surface area (Å²) in [7, 11) is -0.236. The summed E-state index contributed by atoms with van der Waals surface area (Å²) in [5, 5.41) is 0. The van der Waals surface area contributed by atoms with E-state index in [9.17, 15) is 8.42 Å². The first-order valence-electron chi connectivity index (χ1n) is 8.89. The highest BCUT2D eigenvalue weighted by Crippen LogP contribution is 2.33. The number of imidazole rings is 1. The summed E-state index contributed by atoms with van der Waals surface area (Å²) in [5.41, 5.74) is 3.73. The van der Waals surface area contributed by atoms with Crippen molar-refractivity contribution >= 4 is 10.0 Å². The maximum atomic E-state index is 12.2. The van der Waals surface area contributed by atoms with Crippen molar-refractivity contribution in [2.24, 2.45) is 7.05 Å². The fraction of sp³-hybridized carbons (Fsp3) is 0.250. The molecule has 2 heterocycles. The predicted molar refractivity (Wildman–Crippen MR) is 105 cm³/mol. The lowest BCUT2D eigenvalue weighted by molar-refractivity contribution is 0.174. The first-order valence-corrected chi connectivity index (χ1v) is 10.4. The zero-order valence-electron chi connectivity index (χ0n) is 15.7. The molecule has 0 saturated carbocycles. The Morgan fingerprint density at radius 3 is 2.68 bits per heavy atom. The predicted octanol–water partition coefficient (Wildman–Crippen LogP) is 2.51. The lowest BCUT2D eigenvalue weighted by atomic mass is 9.98. The van der Waals surface area contributed by atoms with E-state index in [-0.39, 0.29) is 11.7 Å². The molecule has 8 heteroatoms. The highest BCUT2D eigenvalue weighted by molar-refractivity contribution is 7.89. The molecule has 146 valence electrons. The van der Waals surface area contributed by atoms with E-state index in [0.29, 0.717) is 0 Å². The van der Waals surface area contributed by atoms with E-state index in [4.69, 9.17) is 9.47 Å². The summed E-state index contributed by atoms with van der Waals surface area (Å²) in [6.07, 6.45) is 5.12. The number of rotatable bonds is 6. The third-order valence-electron chi connectivity index (χ3n) is 4.76. The Morgan fingerprint density at radius 2 is 1.93 bits per heavy atom. The molecule has 1 N–H and O–H groups in total. The van der Waals surface area contributed by atoms with E-state index in [1.165, 1.54) is 7.05 Å². The van der Waals surface area contributed by atoms with Crippen LogP contribution < -0.4 is 14.2 Å². The molecule has 0 spiro atoms. The van der Waals surface area contributed by atoms with Gasteiger partial charge in [0.15, 0.2) is 11.5 Å². The van der Waals surface area contributed by atoms with Crippen molar-refractivity contribution in [2.45, 2.75) is 17.7 Å². The van der Waals surface area contributed by atoms with Gasteiger partial charge in [0.1, 0.15) is 0 Å². The maximum absolute atomic E-state index is 12.2. The molecule has 1 aromatic heterocycles. The molecule has 0 atom stereocenters. The van der Waals surface area contributed by atoms with E-state index in [1.54, 1.807) is 18.5 Å². The van der Waals surface area contributed by atoms with Crippen molar-refractivity contribution in [1.82, 2.24) is 14.3 Å². The fourth-order valence-electron chi connectivity index (χ4n) is 3.22. The first-order chi connectivity index (χ1) is 13.5. The number of nitrogens with zero attached hydrogens (tertiary/aromatic N) is 2. The summed E-state index contributed by atoms with van der Waals surface area (Å²) in [4.78, 5) is 4.63. The van der Waals surface area contributed by atoms with Crippen molar-refractivity contribution in [3.63, 3.8) is 0 Å². The fourth-order valence-corrected chi connectivity index (χ4v) is 3.98. The maximum Gasteiger partial charge on any atom is 0.240 e. The largest absolute Gasteiger partial charge is 0.454 e. The van der Waals surface area contributed by atoms with Crippen LogP contribution >= 0.6 is 0 Å². The van der Waals surface area contributed by atoms with Gasteiger partial charge in [-0.3, -0.25) is 0 Å². The van der Waals surface area contributed by atoms with Gasteiger partial charge in [-0.1, -0.05) is 12.1 Å². The molecule has 1 aliphatic rings. The van der Waals surface area contributed by atoms with Gasteiger partial charge in [0.05, 0.1) is 16.9 Å². The Kier molecular flexibility index (Phi) is 4.82. The van der Waals surface area contributed by atoms with Crippen LogP contribution in [0.2, 0.25) is 0 Å². The summed E-state index contributed by atoms with van der Waals surface area (Å²) in [6.45, 7) is 0.254. The molecule has 0 bridgehead atoms. The van der Waals surface area contributed by atoms with Gasteiger partial charge in [0, 0.05) is 18.8 Å². The lowest BCUT2D eigenvalue weighted by Crippen LogP contribution is -2.18. The molecule has 7 nitrogen and oxygen atoms in total. The van der Waals surface area contributed by atoms with Gasteiger partial charge in [-0.2, -0.15) is 0 Å². The van der Waals surface area contributed by atoms with Crippen LogP contribution in [0.15, 0.2) is 53.8 Å². The minimum absolute atomic E-state index is 0.225. The smallest absolute Gasteiger partial charge is 0.240 e. The van der Waals surface area contributed by atoms with E-state index in [2.05, 4.69) is 9.71 Å². The number of ether oxygens (including phenoxy) is 2. The Labute approximate surface area is 164 Å². The van der Waals surface area contributed by atoms with Gasteiger partial charge < -0.3 is 14.0 Å². The average Bonchev–Trinajstić information content (AvgIpc) is 3.34. The zero-order valence-corrected chi connectivity index (χ0v) is 16.5. The second kappa shape index (κ2) is 7.29. The molecule has 0 unspecified atom stereocenters. The molecule has 0 amide bonds. The highest BCUT2D eigenvalue weighted by Gasteiger charge is 2.17. The van der Waals surface area contributed by atoms with Gasteiger partial charge in [0.25, 0.3) is 0 Å². The van der Waals surface area contributed by atoms with Crippen LogP contribution in [0.4, 0.5) is 0 Å². The van der Waals surface area contributed by atoms with Gasteiger partial charge in [0.2, 0.25) is 16.8 Å². The molecule has 2 aromatic carbocycles. The minimum atomic E-state index is -3.53. The third kappa shape index (κ3) is 3.61. The van der Waals surface area contributed by atoms with Gasteiger partial charge in [-0.25, -0.2) is 18.1 Å². The quantitative estimate of drug-likeness (QED) is 0.689. The van der Waals surface area contributed by atoms with Crippen LogP contribution in [0.3, 0.4) is 0 Å². The van der Waals surface area contributed by atoms with Crippen LogP contribution in [0.5, 0.6) is 11.5 Å². The van der Waals surface area contributed by atoms with Crippen molar-refractivity contribution < 1.29 is 17.9 Å². The van der Waals surface area contributed by atoms with Gasteiger partial charge in [-0.05, 0) is 55.3 Å². The second-order valence-corrected chi connectivity index (χ2v) is 8.53. The number of nitrogens with one attached hydrogen (secondary N) is 1. The number of hydrogen-bond acceptors (Lipinski definition) is 5. The van der Waals surface area contributed by atoms with Crippen molar-refractivity contribution in [3.05, 3.63) is 60.0 Å². The number of hydrogen-bond donors (Lipinski definition) is 1. The average molecular weight is 399 g/mol. The number of aromatic nitrogens is 2. The molecular formula is C20H21N3O4S. The molecule has 0 fully saturated rings. The summed E-state index contributed by atoms with van der Waals surface area (Å²) in [5.74, 6) is 1.53. The Balaban J connectivity index is 1.66. The minimum Gasteiger partial charge on any atom is -0.454 e. The monoisotopic (exact) mass is 399 g/mol. The van der Waals surface area contributed by atoms with Crippen LogP contribution in [-0.4, -0.2) is 31.8 Å². The number of sulfonamides is 1. The van der Waals surface area contributed by atoms with E-state index in [1.807, 2.05) is 42.1 Å².